The Kier molecular flexibility index (Phi) is 4.26. The fourth-order valence-corrected chi connectivity index (χ4v) is 9.18. The molecule has 0 saturated heterocycles. The van der Waals surface area contributed by atoms with Crippen LogP contribution in [0, 0.1) is 0 Å². The number of benzene rings is 1. The van der Waals surface area contributed by atoms with Crippen LogP contribution in [0.15, 0.2) is 30.3 Å². The molecule has 0 aliphatic carbocycles. The zero-order valence-electron chi connectivity index (χ0n) is 9.10. The van der Waals surface area contributed by atoms with E-state index >= 15 is 0 Å². The van der Waals surface area contributed by atoms with Crippen molar-refractivity contribution in [3.05, 3.63) is 30.3 Å². The van der Waals surface area contributed by atoms with Gasteiger partial charge >= 0.3 is 97.7 Å². The summed E-state index contributed by atoms with van der Waals surface area (Å²) in [6, 6.07) is 8.72. The van der Waals surface area contributed by atoms with E-state index in [1.165, 1.54) is 0 Å². The summed E-state index contributed by atoms with van der Waals surface area (Å²) < 4.78 is 29.7. The first-order valence-corrected chi connectivity index (χ1v) is 12.3. The SMILES string of the molecule is C[Si](C)(C)[O][Zr]([OH])([OH])[O]c1ccccc1. The van der Waals surface area contributed by atoms with Crippen LogP contribution in [-0.2, 0) is 24.5 Å². The van der Waals surface area contributed by atoms with Crippen molar-refractivity contribution in [1.82, 2.24) is 0 Å². The molecule has 0 heterocycles. The van der Waals surface area contributed by atoms with E-state index in [0.29, 0.717) is 5.75 Å². The number of rotatable bonds is 4. The fourth-order valence-electron chi connectivity index (χ4n) is 1.06. The summed E-state index contributed by atoms with van der Waals surface area (Å²) in [6.45, 7) is 5.67. The monoisotopic (exact) mass is 306 g/mol. The van der Waals surface area contributed by atoms with Gasteiger partial charge in [-0.05, 0) is 0 Å². The standard InChI is InChI=1S/C6H6O.C3H9OSi.2H2O.Zr/c7-6-4-2-1-3-5-6;1-5(2,3)4;;;/h1-5,7H;1-3H3;2*1H2;/q;-1;;;+4/p-3. The third-order valence-corrected chi connectivity index (χ3v) is 10.0. The van der Waals surface area contributed by atoms with Crippen molar-refractivity contribution in [3.8, 4) is 5.75 Å². The van der Waals surface area contributed by atoms with Crippen LogP contribution in [0.25, 0.3) is 0 Å². The summed E-state index contributed by atoms with van der Waals surface area (Å²) in [4.78, 5) is 0. The number of para-hydroxylation sites is 1. The van der Waals surface area contributed by atoms with Gasteiger partial charge in [0.25, 0.3) is 0 Å². The first kappa shape index (κ1) is 13.1. The molecule has 0 aliphatic rings. The molecule has 4 nitrogen and oxygen atoms in total. The molecule has 6 heteroatoms. The van der Waals surface area contributed by atoms with E-state index in [1.807, 2.05) is 25.7 Å². The van der Waals surface area contributed by atoms with E-state index in [4.69, 9.17) is 5.32 Å². The maximum absolute atomic E-state index is 9.66. The average Bonchev–Trinajstić information content (AvgIpc) is 1.99. The van der Waals surface area contributed by atoms with Gasteiger partial charge in [0.05, 0.1) is 0 Å². The molecule has 0 aliphatic heterocycles. The molecule has 0 saturated carbocycles. The molecule has 0 amide bonds. The molecule has 15 heavy (non-hydrogen) atoms. The second-order valence-electron chi connectivity index (χ2n) is 4.18. The van der Waals surface area contributed by atoms with Crippen molar-refractivity contribution in [3.63, 3.8) is 0 Å². The van der Waals surface area contributed by atoms with Gasteiger partial charge in [-0.15, -0.1) is 0 Å². The summed E-state index contributed by atoms with van der Waals surface area (Å²) in [5, 5.41) is 0. The number of hydrogen-bond acceptors (Lipinski definition) is 4. The third kappa shape index (κ3) is 5.58. The molecule has 0 fully saturated rings. The van der Waals surface area contributed by atoms with Crippen molar-refractivity contribution in [2.24, 2.45) is 0 Å². The summed E-state index contributed by atoms with van der Waals surface area (Å²) in [7, 11) is -1.98. The first-order valence-electron chi connectivity index (χ1n) is 4.67. The van der Waals surface area contributed by atoms with Crippen LogP contribution in [0.1, 0.15) is 0 Å². The Morgan fingerprint density at radius 1 is 1.07 bits per heavy atom. The minimum absolute atomic E-state index is 0.441. The molecule has 0 spiro atoms. The molecule has 0 atom stereocenters. The Labute approximate surface area is 97.5 Å². The van der Waals surface area contributed by atoms with E-state index in [-0.39, 0.29) is 0 Å². The summed E-state index contributed by atoms with van der Waals surface area (Å²) >= 11 is -4.77. The quantitative estimate of drug-likeness (QED) is 0.832. The minimum atomic E-state index is -4.77. The second-order valence-corrected chi connectivity index (χ2v) is 13.3. The van der Waals surface area contributed by atoms with Crippen LogP contribution < -0.4 is 2.81 Å². The van der Waals surface area contributed by atoms with E-state index in [2.05, 4.69) is 0 Å². The summed E-state index contributed by atoms with van der Waals surface area (Å²) in [5.41, 5.74) is 0. The van der Waals surface area contributed by atoms with E-state index in [9.17, 15) is 6.37 Å². The molecule has 0 bridgehead atoms. The Bertz CT molecular complexity index is 310. The van der Waals surface area contributed by atoms with Crippen LogP contribution in [0.3, 0.4) is 0 Å². The zero-order chi connectivity index (χ0) is 11.5. The van der Waals surface area contributed by atoms with Gasteiger partial charge in [-0.1, -0.05) is 0 Å². The van der Waals surface area contributed by atoms with Crippen LogP contribution in [0.2, 0.25) is 19.6 Å². The molecule has 1 rings (SSSR count). The summed E-state index contributed by atoms with van der Waals surface area (Å²) in [6.07, 6.45) is 0. The third-order valence-electron chi connectivity index (χ3n) is 1.43. The summed E-state index contributed by atoms with van der Waals surface area (Å²) in [5.74, 6) is 0.441. The van der Waals surface area contributed by atoms with E-state index < -0.39 is 30.3 Å². The molecular weight excluding hydrogens is 291 g/mol. The van der Waals surface area contributed by atoms with Crippen molar-refractivity contribution in [1.29, 1.82) is 0 Å². The Balaban J connectivity index is 2.65. The molecule has 0 radical (unpaired) electrons. The van der Waals surface area contributed by atoms with Gasteiger partial charge in [-0.2, -0.15) is 0 Å². The maximum atomic E-state index is 9.66. The molecule has 0 aromatic heterocycles. The molecule has 1 aromatic carbocycles. The van der Waals surface area contributed by atoms with Gasteiger partial charge in [0.1, 0.15) is 0 Å². The van der Waals surface area contributed by atoms with E-state index in [0.717, 1.165) is 0 Å². The van der Waals surface area contributed by atoms with Crippen LogP contribution in [0.4, 0.5) is 0 Å². The van der Waals surface area contributed by atoms with Crippen LogP contribution >= 0.6 is 0 Å². The van der Waals surface area contributed by atoms with Gasteiger partial charge in [0, 0.05) is 0 Å². The average molecular weight is 308 g/mol. The van der Waals surface area contributed by atoms with Crippen LogP contribution in [0.5, 0.6) is 5.75 Å². The van der Waals surface area contributed by atoms with Crippen molar-refractivity contribution >= 4 is 8.32 Å². The molecule has 0 unspecified atom stereocenters. The van der Waals surface area contributed by atoms with Gasteiger partial charge in [-0.3, -0.25) is 0 Å². The van der Waals surface area contributed by atoms with Crippen molar-refractivity contribution in [2.75, 3.05) is 0 Å². The van der Waals surface area contributed by atoms with Crippen molar-refractivity contribution < 1.29 is 33.7 Å². The van der Waals surface area contributed by atoms with Crippen LogP contribution in [-0.4, -0.2) is 14.7 Å². The van der Waals surface area contributed by atoms with Gasteiger partial charge in [0.15, 0.2) is 0 Å². The Morgan fingerprint density at radius 3 is 2.07 bits per heavy atom. The molecule has 84 valence electrons. The molecule has 2 N–H and O–H groups in total. The second kappa shape index (κ2) is 4.89. The van der Waals surface area contributed by atoms with E-state index in [1.54, 1.807) is 24.3 Å². The van der Waals surface area contributed by atoms with Crippen molar-refractivity contribution in [2.45, 2.75) is 19.6 Å². The predicted molar refractivity (Wildman–Crippen MR) is 55.9 cm³/mol. The Morgan fingerprint density at radius 2 is 1.60 bits per heavy atom. The normalized spacial score (nSPS) is 12.6. The first-order chi connectivity index (χ1) is 6.79. The van der Waals surface area contributed by atoms with Gasteiger partial charge in [-0.25, -0.2) is 0 Å². The molecular formula is C9H16O4SiZr. The Hall–Kier alpha value is -0.000000000000000222. The van der Waals surface area contributed by atoms with Gasteiger partial charge < -0.3 is 0 Å². The topological polar surface area (TPSA) is 58.9 Å². The zero-order valence-corrected chi connectivity index (χ0v) is 12.6. The van der Waals surface area contributed by atoms with Gasteiger partial charge in [0.2, 0.25) is 0 Å². The number of hydrogen-bond donors (Lipinski definition) is 2. The fraction of sp³-hybridized carbons (Fsp3) is 0.333. The predicted octanol–water partition coefficient (Wildman–Crippen LogP) is 1.72. The molecule has 1 aromatic rings.